The van der Waals surface area contributed by atoms with Gasteiger partial charge in [0.25, 0.3) is 0 Å². The second kappa shape index (κ2) is 5.75. The van der Waals surface area contributed by atoms with E-state index in [1.807, 2.05) is 0 Å². The van der Waals surface area contributed by atoms with Gasteiger partial charge in [0.2, 0.25) is 0 Å². The van der Waals surface area contributed by atoms with Gasteiger partial charge in [-0.05, 0) is 45.9 Å². The lowest BCUT2D eigenvalue weighted by Crippen LogP contribution is -2.57. The smallest absolute Gasteiger partial charge is 0.0392 e. The van der Waals surface area contributed by atoms with Crippen molar-refractivity contribution in [1.29, 1.82) is 0 Å². The van der Waals surface area contributed by atoms with Crippen LogP contribution in [0.25, 0.3) is 0 Å². The van der Waals surface area contributed by atoms with Crippen LogP contribution in [0.2, 0.25) is 0 Å². The number of benzene rings is 1. The molecule has 1 aromatic rings. The van der Waals surface area contributed by atoms with Crippen molar-refractivity contribution < 1.29 is 0 Å². The average Bonchev–Trinajstić information content (AvgIpc) is 2.31. The van der Waals surface area contributed by atoms with Gasteiger partial charge in [-0.15, -0.1) is 0 Å². The zero-order valence-corrected chi connectivity index (χ0v) is 12.2. The third-order valence-electron chi connectivity index (χ3n) is 3.87. The van der Waals surface area contributed by atoms with Gasteiger partial charge in [0, 0.05) is 30.9 Å². The number of piperazine rings is 1. The first kappa shape index (κ1) is 13.4. The van der Waals surface area contributed by atoms with E-state index in [2.05, 4.69) is 61.8 Å². The third kappa shape index (κ3) is 2.86. The normalized spacial score (nSPS) is 25.4. The fourth-order valence-electron chi connectivity index (χ4n) is 3.16. The quantitative estimate of drug-likeness (QED) is 0.807. The Hall–Kier alpha value is -1.02. The zero-order chi connectivity index (χ0) is 13.1. The predicted molar refractivity (Wildman–Crippen MR) is 79.3 cm³/mol. The molecule has 0 amide bonds. The molecule has 1 aromatic carbocycles. The Bertz CT molecular complexity index is 359. The summed E-state index contributed by atoms with van der Waals surface area (Å²) >= 11 is 0. The summed E-state index contributed by atoms with van der Waals surface area (Å²) in [6.45, 7) is 12.7. The van der Waals surface area contributed by atoms with Gasteiger partial charge in [0.05, 0.1) is 0 Å². The van der Waals surface area contributed by atoms with Crippen molar-refractivity contribution in [2.24, 2.45) is 0 Å². The van der Waals surface area contributed by atoms with E-state index in [0.717, 1.165) is 0 Å². The summed E-state index contributed by atoms with van der Waals surface area (Å²) in [4.78, 5) is 5.17. The summed E-state index contributed by atoms with van der Waals surface area (Å²) in [5, 5.41) is 0. The van der Waals surface area contributed by atoms with E-state index in [4.69, 9.17) is 0 Å². The number of hydrogen-bond acceptors (Lipinski definition) is 2. The van der Waals surface area contributed by atoms with Crippen LogP contribution in [0.1, 0.15) is 32.8 Å². The molecule has 0 aliphatic carbocycles. The summed E-state index contributed by atoms with van der Waals surface area (Å²) in [5.74, 6) is 0. The molecule has 1 heterocycles. The lowest BCUT2D eigenvalue weighted by Gasteiger charge is -2.46. The van der Waals surface area contributed by atoms with Gasteiger partial charge in [-0.2, -0.15) is 0 Å². The van der Waals surface area contributed by atoms with Crippen LogP contribution in [-0.4, -0.2) is 36.6 Å². The van der Waals surface area contributed by atoms with Crippen LogP contribution in [0.15, 0.2) is 24.3 Å². The second-order valence-electron chi connectivity index (χ2n) is 5.70. The van der Waals surface area contributed by atoms with E-state index in [1.165, 1.54) is 37.3 Å². The first-order valence-electron chi connectivity index (χ1n) is 7.19. The predicted octanol–water partition coefficient (Wildman–Crippen LogP) is 3.30. The van der Waals surface area contributed by atoms with Crippen LogP contribution in [-0.2, 0) is 0 Å². The number of anilines is 1. The summed E-state index contributed by atoms with van der Waals surface area (Å²) in [5.41, 5.74) is 2.71. The third-order valence-corrected chi connectivity index (χ3v) is 3.87. The molecule has 2 rings (SSSR count). The molecule has 0 saturated carbocycles. The Balaban J connectivity index is 2.11. The maximum Gasteiger partial charge on any atom is 0.0392 e. The SMILES string of the molecule is CCCN1CC(C)N(c2ccc(C)cc2)C(C)C1. The van der Waals surface area contributed by atoms with Crippen molar-refractivity contribution >= 4 is 5.69 Å². The van der Waals surface area contributed by atoms with Gasteiger partial charge in [0.1, 0.15) is 0 Å². The van der Waals surface area contributed by atoms with E-state index in [0.29, 0.717) is 12.1 Å². The maximum atomic E-state index is 2.60. The Kier molecular flexibility index (Phi) is 4.28. The van der Waals surface area contributed by atoms with Gasteiger partial charge >= 0.3 is 0 Å². The lowest BCUT2D eigenvalue weighted by atomic mass is 10.1. The highest BCUT2D eigenvalue weighted by Gasteiger charge is 2.28. The average molecular weight is 246 g/mol. The number of hydrogen-bond donors (Lipinski definition) is 0. The minimum Gasteiger partial charge on any atom is -0.364 e. The van der Waals surface area contributed by atoms with Gasteiger partial charge in [-0.1, -0.05) is 24.6 Å². The minimum atomic E-state index is 0.600. The summed E-state index contributed by atoms with van der Waals surface area (Å²) < 4.78 is 0. The van der Waals surface area contributed by atoms with Crippen LogP contribution in [0.3, 0.4) is 0 Å². The topological polar surface area (TPSA) is 6.48 Å². The Morgan fingerprint density at radius 3 is 2.11 bits per heavy atom. The van der Waals surface area contributed by atoms with Crippen LogP contribution in [0, 0.1) is 6.92 Å². The molecule has 1 aliphatic heterocycles. The van der Waals surface area contributed by atoms with Crippen molar-refractivity contribution in [3.05, 3.63) is 29.8 Å². The number of nitrogens with zero attached hydrogens (tertiary/aromatic N) is 2. The molecule has 2 unspecified atom stereocenters. The lowest BCUT2D eigenvalue weighted by molar-refractivity contribution is 0.200. The summed E-state index contributed by atoms with van der Waals surface area (Å²) in [6, 6.07) is 10.2. The molecule has 1 saturated heterocycles. The van der Waals surface area contributed by atoms with E-state index < -0.39 is 0 Å². The van der Waals surface area contributed by atoms with Crippen molar-refractivity contribution in [2.45, 2.75) is 46.2 Å². The number of rotatable bonds is 3. The van der Waals surface area contributed by atoms with Gasteiger partial charge in [-0.3, -0.25) is 4.90 Å². The first-order chi connectivity index (χ1) is 8.61. The van der Waals surface area contributed by atoms with E-state index >= 15 is 0 Å². The van der Waals surface area contributed by atoms with Crippen LogP contribution < -0.4 is 4.90 Å². The van der Waals surface area contributed by atoms with Crippen molar-refractivity contribution in [3.63, 3.8) is 0 Å². The van der Waals surface area contributed by atoms with Crippen molar-refractivity contribution in [1.82, 2.24) is 4.90 Å². The molecular formula is C16H26N2. The highest BCUT2D eigenvalue weighted by Crippen LogP contribution is 2.24. The fraction of sp³-hybridized carbons (Fsp3) is 0.625. The molecule has 18 heavy (non-hydrogen) atoms. The Labute approximate surface area is 112 Å². The molecule has 2 heteroatoms. The molecule has 100 valence electrons. The zero-order valence-electron chi connectivity index (χ0n) is 12.2. The molecule has 0 bridgehead atoms. The molecule has 0 aromatic heterocycles. The van der Waals surface area contributed by atoms with Crippen LogP contribution >= 0.6 is 0 Å². The highest BCUT2D eigenvalue weighted by molar-refractivity contribution is 5.50. The second-order valence-corrected chi connectivity index (χ2v) is 5.70. The molecule has 0 spiro atoms. The van der Waals surface area contributed by atoms with Gasteiger partial charge < -0.3 is 4.90 Å². The molecular weight excluding hydrogens is 220 g/mol. The molecule has 1 aliphatic rings. The summed E-state index contributed by atoms with van der Waals surface area (Å²) in [7, 11) is 0. The largest absolute Gasteiger partial charge is 0.364 e. The van der Waals surface area contributed by atoms with Crippen LogP contribution in [0.4, 0.5) is 5.69 Å². The van der Waals surface area contributed by atoms with Crippen LogP contribution in [0.5, 0.6) is 0 Å². The first-order valence-corrected chi connectivity index (χ1v) is 7.19. The maximum absolute atomic E-state index is 2.60. The fourth-order valence-corrected chi connectivity index (χ4v) is 3.16. The Morgan fingerprint density at radius 1 is 1.06 bits per heavy atom. The molecule has 0 N–H and O–H groups in total. The van der Waals surface area contributed by atoms with Gasteiger partial charge in [-0.25, -0.2) is 0 Å². The highest BCUT2D eigenvalue weighted by atomic mass is 15.3. The number of aryl methyl sites for hydroxylation is 1. The standard InChI is InChI=1S/C16H26N2/c1-5-10-17-11-14(3)18(15(4)12-17)16-8-6-13(2)7-9-16/h6-9,14-15H,5,10-12H2,1-4H3. The van der Waals surface area contributed by atoms with E-state index in [-0.39, 0.29) is 0 Å². The minimum absolute atomic E-state index is 0.600. The molecule has 1 fully saturated rings. The summed E-state index contributed by atoms with van der Waals surface area (Å²) in [6.07, 6.45) is 1.25. The monoisotopic (exact) mass is 246 g/mol. The molecule has 2 nitrogen and oxygen atoms in total. The van der Waals surface area contributed by atoms with Crippen molar-refractivity contribution in [2.75, 3.05) is 24.5 Å². The van der Waals surface area contributed by atoms with Gasteiger partial charge in [0.15, 0.2) is 0 Å². The molecule has 0 radical (unpaired) electrons. The van der Waals surface area contributed by atoms with Crippen molar-refractivity contribution in [3.8, 4) is 0 Å². The van der Waals surface area contributed by atoms with E-state index in [1.54, 1.807) is 0 Å². The Morgan fingerprint density at radius 2 is 1.61 bits per heavy atom. The van der Waals surface area contributed by atoms with E-state index in [9.17, 15) is 0 Å². The molecule has 2 atom stereocenters.